The topological polar surface area (TPSA) is 84.9 Å². The van der Waals surface area contributed by atoms with E-state index in [9.17, 15) is 9.59 Å². The van der Waals surface area contributed by atoms with Gasteiger partial charge in [0.2, 0.25) is 5.91 Å². The maximum absolute atomic E-state index is 12.4. The highest BCUT2D eigenvalue weighted by atomic mass is 16.5. The molecule has 0 heterocycles. The van der Waals surface area contributed by atoms with Crippen molar-refractivity contribution in [3.8, 4) is 11.5 Å². The largest absolute Gasteiger partial charge is 0.496 e. The summed E-state index contributed by atoms with van der Waals surface area (Å²) in [7, 11) is 3.09. The smallest absolute Gasteiger partial charge is 0.303 e. The van der Waals surface area contributed by atoms with Crippen LogP contribution in [0.2, 0.25) is 0 Å². The number of nitrogens with one attached hydrogen (secondary N) is 1. The minimum atomic E-state index is -0.849. The molecule has 0 saturated heterocycles. The molecule has 132 valence electrons. The Morgan fingerprint density at radius 1 is 1.04 bits per heavy atom. The van der Waals surface area contributed by atoms with E-state index in [1.807, 2.05) is 6.07 Å². The molecule has 0 aromatic heterocycles. The van der Waals surface area contributed by atoms with Crippen LogP contribution in [0, 0.1) is 0 Å². The number of hydrogen-bond donors (Lipinski definition) is 2. The number of benzene rings is 2. The van der Waals surface area contributed by atoms with Gasteiger partial charge in [0.15, 0.2) is 0 Å². The predicted molar refractivity (Wildman–Crippen MR) is 94.3 cm³/mol. The molecule has 0 fully saturated rings. The van der Waals surface area contributed by atoms with E-state index < -0.39 is 5.97 Å². The molecule has 25 heavy (non-hydrogen) atoms. The van der Waals surface area contributed by atoms with E-state index in [0.717, 1.165) is 5.56 Å². The first-order valence-corrected chi connectivity index (χ1v) is 7.84. The van der Waals surface area contributed by atoms with E-state index in [1.54, 1.807) is 50.6 Å². The number of methoxy groups -OCH3 is 2. The lowest BCUT2D eigenvalue weighted by atomic mass is 10.1. The van der Waals surface area contributed by atoms with Gasteiger partial charge in [-0.25, -0.2) is 0 Å². The number of ether oxygens (including phenoxy) is 2. The van der Waals surface area contributed by atoms with Crippen molar-refractivity contribution in [2.24, 2.45) is 0 Å². The molecular weight excluding hydrogens is 322 g/mol. The van der Waals surface area contributed by atoms with Crippen molar-refractivity contribution in [2.45, 2.75) is 19.3 Å². The number of amides is 1. The minimum absolute atomic E-state index is 0.0514. The summed E-state index contributed by atoms with van der Waals surface area (Å²) in [6.07, 6.45) is 0.571. The average Bonchev–Trinajstić information content (AvgIpc) is 2.60. The van der Waals surface area contributed by atoms with E-state index in [1.165, 1.54) is 0 Å². The van der Waals surface area contributed by atoms with Gasteiger partial charge >= 0.3 is 5.97 Å². The minimum Gasteiger partial charge on any atom is -0.496 e. The number of aliphatic carboxylic acids is 1. The van der Waals surface area contributed by atoms with Gasteiger partial charge in [0.25, 0.3) is 0 Å². The molecule has 0 saturated carbocycles. The molecule has 1 amide bonds. The molecule has 0 aliphatic heterocycles. The zero-order chi connectivity index (χ0) is 18.2. The van der Waals surface area contributed by atoms with E-state index >= 15 is 0 Å². The number of carbonyl (C=O) groups is 2. The van der Waals surface area contributed by atoms with Gasteiger partial charge in [-0.3, -0.25) is 9.59 Å². The second kappa shape index (κ2) is 8.73. The van der Waals surface area contributed by atoms with Gasteiger partial charge in [-0.15, -0.1) is 0 Å². The summed E-state index contributed by atoms with van der Waals surface area (Å²) in [4.78, 5) is 23.0. The van der Waals surface area contributed by atoms with Gasteiger partial charge in [0.1, 0.15) is 11.5 Å². The SMILES string of the molecule is COc1cccc(OC)c1CC(=O)Nc1cccc(CCC(=O)O)c1. The number of rotatable bonds is 8. The van der Waals surface area contributed by atoms with Crippen molar-refractivity contribution in [2.75, 3.05) is 19.5 Å². The highest BCUT2D eigenvalue weighted by molar-refractivity contribution is 5.93. The normalized spacial score (nSPS) is 10.2. The van der Waals surface area contributed by atoms with Crippen molar-refractivity contribution in [1.82, 2.24) is 0 Å². The molecule has 0 aliphatic carbocycles. The third kappa shape index (κ3) is 5.24. The van der Waals surface area contributed by atoms with Crippen LogP contribution in [-0.2, 0) is 22.4 Å². The second-order valence-electron chi connectivity index (χ2n) is 5.46. The van der Waals surface area contributed by atoms with Gasteiger partial charge in [-0.2, -0.15) is 0 Å². The number of carboxylic acids is 1. The van der Waals surface area contributed by atoms with Gasteiger partial charge in [-0.05, 0) is 36.2 Å². The van der Waals surface area contributed by atoms with E-state index in [-0.39, 0.29) is 18.7 Å². The maximum Gasteiger partial charge on any atom is 0.303 e. The third-order valence-corrected chi connectivity index (χ3v) is 3.71. The molecule has 6 nitrogen and oxygen atoms in total. The fraction of sp³-hybridized carbons (Fsp3) is 0.263. The molecule has 2 aromatic carbocycles. The molecule has 0 unspecified atom stereocenters. The summed E-state index contributed by atoms with van der Waals surface area (Å²) in [5.41, 5.74) is 2.16. The van der Waals surface area contributed by atoms with Crippen LogP contribution in [0.25, 0.3) is 0 Å². The zero-order valence-corrected chi connectivity index (χ0v) is 14.2. The molecule has 6 heteroatoms. The third-order valence-electron chi connectivity index (χ3n) is 3.71. The highest BCUT2D eigenvalue weighted by Crippen LogP contribution is 2.29. The molecule has 2 aromatic rings. The fourth-order valence-corrected chi connectivity index (χ4v) is 2.52. The Morgan fingerprint density at radius 2 is 1.68 bits per heavy atom. The van der Waals surface area contributed by atoms with Crippen LogP contribution in [0.4, 0.5) is 5.69 Å². The Labute approximate surface area is 146 Å². The van der Waals surface area contributed by atoms with Gasteiger partial charge in [0, 0.05) is 17.7 Å². The van der Waals surface area contributed by atoms with Crippen LogP contribution in [0.3, 0.4) is 0 Å². The van der Waals surface area contributed by atoms with Crippen molar-refractivity contribution in [1.29, 1.82) is 0 Å². The summed E-state index contributed by atoms with van der Waals surface area (Å²) >= 11 is 0. The highest BCUT2D eigenvalue weighted by Gasteiger charge is 2.14. The van der Waals surface area contributed by atoms with Gasteiger partial charge in [-0.1, -0.05) is 18.2 Å². The quantitative estimate of drug-likeness (QED) is 0.770. The van der Waals surface area contributed by atoms with Crippen LogP contribution in [-0.4, -0.2) is 31.2 Å². The van der Waals surface area contributed by atoms with Crippen LogP contribution in [0.1, 0.15) is 17.5 Å². The van der Waals surface area contributed by atoms with Crippen molar-refractivity contribution < 1.29 is 24.2 Å². The molecular formula is C19H21NO5. The number of carboxylic acid groups (broad SMARTS) is 1. The summed E-state index contributed by atoms with van der Waals surface area (Å²) in [5, 5.41) is 11.6. The average molecular weight is 343 g/mol. The molecule has 0 spiro atoms. The monoisotopic (exact) mass is 343 g/mol. The summed E-state index contributed by atoms with van der Waals surface area (Å²) in [6.45, 7) is 0. The number of hydrogen-bond acceptors (Lipinski definition) is 4. The predicted octanol–water partition coefficient (Wildman–Crippen LogP) is 2.90. The second-order valence-corrected chi connectivity index (χ2v) is 5.46. The first-order valence-electron chi connectivity index (χ1n) is 7.84. The Morgan fingerprint density at radius 3 is 2.28 bits per heavy atom. The number of aryl methyl sites for hydroxylation is 1. The molecule has 0 aliphatic rings. The number of carbonyl (C=O) groups excluding carboxylic acids is 1. The Balaban J connectivity index is 2.08. The lowest BCUT2D eigenvalue weighted by Crippen LogP contribution is -2.15. The molecule has 2 rings (SSSR count). The summed E-state index contributed by atoms with van der Waals surface area (Å²) in [6, 6.07) is 12.5. The molecule has 0 radical (unpaired) electrons. The summed E-state index contributed by atoms with van der Waals surface area (Å²) in [5.74, 6) is 0.116. The maximum atomic E-state index is 12.4. The van der Waals surface area contributed by atoms with E-state index in [4.69, 9.17) is 14.6 Å². The van der Waals surface area contributed by atoms with E-state index in [0.29, 0.717) is 29.2 Å². The van der Waals surface area contributed by atoms with Gasteiger partial charge in [0.05, 0.1) is 20.6 Å². The molecule has 2 N–H and O–H groups in total. The van der Waals surface area contributed by atoms with Crippen LogP contribution in [0.15, 0.2) is 42.5 Å². The van der Waals surface area contributed by atoms with Crippen LogP contribution >= 0.6 is 0 Å². The van der Waals surface area contributed by atoms with E-state index in [2.05, 4.69) is 5.32 Å². The van der Waals surface area contributed by atoms with Gasteiger partial charge < -0.3 is 19.9 Å². The molecule has 0 atom stereocenters. The number of anilines is 1. The lowest BCUT2D eigenvalue weighted by Gasteiger charge is -2.13. The van der Waals surface area contributed by atoms with Crippen molar-refractivity contribution >= 4 is 17.6 Å². The lowest BCUT2D eigenvalue weighted by molar-refractivity contribution is -0.137. The first kappa shape index (κ1) is 18.3. The standard InChI is InChI=1S/C19H21NO5/c1-24-16-7-4-8-17(25-2)15(16)12-18(21)20-14-6-3-5-13(11-14)9-10-19(22)23/h3-8,11H,9-10,12H2,1-2H3,(H,20,21)(H,22,23). The van der Waals surface area contributed by atoms with Crippen molar-refractivity contribution in [3.05, 3.63) is 53.6 Å². The Kier molecular flexibility index (Phi) is 6.39. The Hall–Kier alpha value is -3.02. The van der Waals surface area contributed by atoms with Crippen LogP contribution < -0.4 is 14.8 Å². The molecule has 0 bridgehead atoms. The van der Waals surface area contributed by atoms with Crippen molar-refractivity contribution in [3.63, 3.8) is 0 Å². The zero-order valence-electron chi connectivity index (χ0n) is 14.2. The first-order chi connectivity index (χ1) is 12.0. The Bertz CT molecular complexity index is 735. The van der Waals surface area contributed by atoms with Crippen LogP contribution in [0.5, 0.6) is 11.5 Å². The fourth-order valence-electron chi connectivity index (χ4n) is 2.52. The summed E-state index contributed by atoms with van der Waals surface area (Å²) < 4.78 is 10.6.